The van der Waals surface area contributed by atoms with Gasteiger partial charge < -0.3 is 19.5 Å². The Bertz CT molecular complexity index is 763. The highest BCUT2D eigenvalue weighted by molar-refractivity contribution is 5.84. The first kappa shape index (κ1) is 17.6. The fourth-order valence-electron chi connectivity index (χ4n) is 4.08. The molecule has 3 heterocycles. The summed E-state index contributed by atoms with van der Waals surface area (Å²) in [5.74, 6) is 0.249. The molecule has 0 radical (unpaired) electrons. The molecule has 4 rings (SSSR count). The van der Waals surface area contributed by atoms with E-state index in [-0.39, 0.29) is 18.1 Å². The zero-order valence-electron chi connectivity index (χ0n) is 15.8. The molecule has 1 amide bonds. The molecule has 2 aliphatic rings. The topological polar surface area (TPSA) is 48.3 Å². The molecule has 1 aromatic carbocycles. The van der Waals surface area contributed by atoms with Crippen LogP contribution in [0.3, 0.4) is 0 Å². The number of piperidine rings is 1. The molecule has 0 saturated carbocycles. The molecule has 2 unspecified atom stereocenters. The van der Waals surface area contributed by atoms with E-state index in [2.05, 4.69) is 36.0 Å². The van der Waals surface area contributed by atoms with Crippen molar-refractivity contribution >= 4 is 16.8 Å². The largest absolute Gasteiger partial charge is 0.373 e. The molecular formula is C21H29N3O2. The van der Waals surface area contributed by atoms with Crippen LogP contribution in [-0.4, -0.2) is 65.6 Å². The Labute approximate surface area is 155 Å². The van der Waals surface area contributed by atoms with Crippen LogP contribution in [0.1, 0.15) is 31.7 Å². The SMILES string of the molecule is CC(OC1CCN(C)CC1)C1CN1C(=O)CCc1c[nH]c2ccccc12. The molecule has 140 valence electrons. The first-order valence-electron chi connectivity index (χ1n) is 9.80. The molecule has 2 atom stereocenters. The summed E-state index contributed by atoms with van der Waals surface area (Å²) in [5.41, 5.74) is 2.36. The van der Waals surface area contributed by atoms with Gasteiger partial charge >= 0.3 is 0 Å². The minimum atomic E-state index is 0.139. The number of amides is 1. The Morgan fingerprint density at radius 3 is 2.88 bits per heavy atom. The predicted molar refractivity (Wildman–Crippen MR) is 103 cm³/mol. The number of benzene rings is 1. The number of carbonyl (C=O) groups excluding carboxylic acids is 1. The van der Waals surface area contributed by atoms with Crippen molar-refractivity contribution in [1.29, 1.82) is 0 Å². The van der Waals surface area contributed by atoms with Gasteiger partial charge in [0.25, 0.3) is 0 Å². The maximum absolute atomic E-state index is 12.5. The Morgan fingerprint density at radius 2 is 2.08 bits per heavy atom. The minimum absolute atomic E-state index is 0.139. The number of rotatable bonds is 6. The summed E-state index contributed by atoms with van der Waals surface area (Å²) in [6.07, 6.45) is 6.08. The van der Waals surface area contributed by atoms with Crippen LogP contribution in [-0.2, 0) is 16.0 Å². The van der Waals surface area contributed by atoms with Gasteiger partial charge in [0.05, 0.1) is 18.2 Å². The molecule has 0 aliphatic carbocycles. The normalized spacial score (nSPS) is 22.7. The number of aromatic amines is 1. The molecule has 2 saturated heterocycles. The summed E-state index contributed by atoms with van der Waals surface area (Å²) < 4.78 is 6.23. The van der Waals surface area contributed by atoms with E-state index in [0.717, 1.165) is 44.4 Å². The second-order valence-corrected chi connectivity index (χ2v) is 7.82. The number of H-pyrrole nitrogens is 1. The van der Waals surface area contributed by atoms with Crippen molar-refractivity contribution in [3.8, 4) is 0 Å². The van der Waals surface area contributed by atoms with E-state index >= 15 is 0 Å². The number of para-hydroxylation sites is 1. The quantitative estimate of drug-likeness (QED) is 0.811. The lowest BCUT2D eigenvalue weighted by Crippen LogP contribution is -2.37. The Kier molecular flexibility index (Phi) is 5.00. The summed E-state index contributed by atoms with van der Waals surface area (Å²) in [6.45, 7) is 5.18. The molecule has 1 aromatic heterocycles. The Morgan fingerprint density at radius 1 is 1.31 bits per heavy atom. The lowest BCUT2D eigenvalue weighted by atomic mass is 10.1. The number of aryl methyl sites for hydroxylation is 1. The van der Waals surface area contributed by atoms with E-state index in [9.17, 15) is 4.79 Å². The standard InChI is InChI=1S/C21H29N3O2/c1-15(26-17-9-11-23(2)12-10-17)20-14-24(20)21(25)8-7-16-13-22-19-6-4-3-5-18(16)19/h3-6,13,15,17,20,22H,7-12,14H2,1-2H3. The van der Waals surface area contributed by atoms with Gasteiger partial charge in [-0.25, -0.2) is 0 Å². The number of fused-ring (bicyclic) bond motifs is 1. The molecule has 0 bridgehead atoms. The second kappa shape index (κ2) is 7.41. The highest BCUT2D eigenvalue weighted by Crippen LogP contribution is 2.27. The van der Waals surface area contributed by atoms with Crippen molar-refractivity contribution in [1.82, 2.24) is 14.8 Å². The van der Waals surface area contributed by atoms with Gasteiger partial charge in [-0.3, -0.25) is 4.79 Å². The van der Waals surface area contributed by atoms with Gasteiger partial charge in [0.2, 0.25) is 5.91 Å². The van der Waals surface area contributed by atoms with E-state index in [1.54, 1.807) is 0 Å². The number of nitrogens with zero attached hydrogens (tertiary/aromatic N) is 2. The molecule has 0 spiro atoms. The van der Waals surface area contributed by atoms with Crippen LogP contribution in [0.5, 0.6) is 0 Å². The third-order valence-corrected chi connectivity index (χ3v) is 5.87. The van der Waals surface area contributed by atoms with E-state index < -0.39 is 0 Å². The van der Waals surface area contributed by atoms with Crippen molar-refractivity contribution in [3.05, 3.63) is 36.0 Å². The smallest absolute Gasteiger partial charge is 0.223 e. The first-order valence-corrected chi connectivity index (χ1v) is 9.80. The summed E-state index contributed by atoms with van der Waals surface area (Å²) in [5, 5.41) is 1.22. The van der Waals surface area contributed by atoms with Crippen LogP contribution in [0.25, 0.3) is 10.9 Å². The van der Waals surface area contributed by atoms with Gasteiger partial charge in [-0.05, 0) is 44.9 Å². The Hall–Kier alpha value is -1.85. The summed E-state index contributed by atoms with van der Waals surface area (Å²) >= 11 is 0. The number of carbonyl (C=O) groups is 1. The zero-order chi connectivity index (χ0) is 18.1. The number of hydrogen-bond donors (Lipinski definition) is 1. The van der Waals surface area contributed by atoms with Crippen molar-refractivity contribution in [3.63, 3.8) is 0 Å². The summed E-state index contributed by atoms with van der Waals surface area (Å²) in [7, 11) is 2.16. The van der Waals surface area contributed by atoms with Crippen LogP contribution >= 0.6 is 0 Å². The van der Waals surface area contributed by atoms with Crippen molar-refractivity contribution in [2.24, 2.45) is 0 Å². The second-order valence-electron chi connectivity index (χ2n) is 7.82. The van der Waals surface area contributed by atoms with Gasteiger partial charge in [-0.1, -0.05) is 18.2 Å². The molecule has 2 aromatic rings. The summed E-state index contributed by atoms with van der Waals surface area (Å²) in [6, 6.07) is 8.53. The highest BCUT2D eigenvalue weighted by Gasteiger charge is 2.43. The van der Waals surface area contributed by atoms with Crippen molar-refractivity contribution in [2.45, 2.75) is 50.9 Å². The van der Waals surface area contributed by atoms with Crippen LogP contribution in [0.15, 0.2) is 30.5 Å². The monoisotopic (exact) mass is 355 g/mol. The van der Waals surface area contributed by atoms with Gasteiger partial charge in [0, 0.05) is 43.2 Å². The minimum Gasteiger partial charge on any atom is -0.373 e. The van der Waals surface area contributed by atoms with Crippen molar-refractivity contribution < 1.29 is 9.53 Å². The van der Waals surface area contributed by atoms with Gasteiger partial charge in [0.15, 0.2) is 0 Å². The van der Waals surface area contributed by atoms with E-state index in [1.807, 2.05) is 23.2 Å². The average Bonchev–Trinajstić information content (AvgIpc) is 3.36. The van der Waals surface area contributed by atoms with E-state index in [1.165, 1.54) is 10.9 Å². The maximum Gasteiger partial charge on any atom is 0.223 e. The lowest BCUT2D eigenvalue weighted by Gasteiger charge is -2.30. The van der Waals surface area contributed by atoms with Crippen molar-refractivity contribution in [2.75, 3.05) is 26.7 Å². The molecule has 2 aliphatic heterocycles. The van der Waals surface area contributed by atoms with Gasteiger partial charge in [-0.2, -0.15) is 0 Å². The molecular weight excluding hydrogens is 326 g/mol. The average molecular weight is 355 g/mol. The maximum atomic E-state index is 12.5. The molecule has 1 N–H and O–H groups in total. The first-order chi connectivity index (χ1) is 12.6. The molecule has 2 fully saturated rings. The zero-order valence-corrected chi connectivity index (χ0v) is 15.8. The number of hydrogen-bond acceptors (Lipinski definition) is 3. The number of aromatic nitrogens is 1. The predicted octanol–water partition coefficient (Wildman–Crippen LogP) is 2.81. The number of nitrogens with one attached hydrogen (secondary N) is 1. The van der Waals surface area contributed by atoms with Crippen LogP contribution < -0.4 is 0 Å². The Balaban J connectivity index is 1.25. The fraction of sp³-hybridized carbons (Fsp3) is 0.571. The van der Waals surface area contributed by atoms with Crippen LogP contribution in [0.4, 0.5) is 0 Å². The van der Waals surface area contributed by atoms with Gasteiger partial charge in [0.1, 0.15) is 0 Å². The lowest BCUT2D eigenvalue weighted by molar-refractivity contribution is -0.127. The number of ether oxygens (including phenoxy) is 1. The molecule has 5 heteroatoms. The highest BCUT2D eigenvalue weighted by atomic mass is 16.5. The number of likely N-dealkylation sites (tertiary alicyclic amines) is 1. The van der Waals surface area contributed by atoms with Gasteiger partial charge in [-0.15, -0.1) is 0 Å². The fourth-order valence-corrected chi connectivity index (χ4v) is 4.08. The summed E-state index contributed by atoms with van der Waals surface area (Å²) in [4.78, 5) is 20.2. The van der Waals surface area contributed by atoms with Crippen LogP contribution in [0, 0.1) is 0 Å². The van der Waals surface area contributed by atoms with Crippen LogP contribution in [0.2, 0.25) is 0 Å². The molecule has 5 nitrogen and oxygen atoms in total. The van der Waals surface area contributed by atoms with E-state index in [4.69, 9.17) is 4.74 Å². The molecule has 26 heavy (non-hydrogen) atoms. The third kappa shape index (κ3) is 3.79. The van der Waals surface area contributed by atoms with E-state index in [0.29, 0.717) is 12.5 Å². The third-order valence-electron chi connectivity index (χ3n) is 5.87.